The summed E-state index contributed by atoms with van der Waals surface area (Å²) >= 11 is 0. The van der Waals surface area contributed by atoms with Crippen LogP contribution in [0.1, 0.15) is 31.8 Å². The maximum atomic E-state index is 13.6. The van der Waals surface area contributed by atoms with Crippen molar-refractivity contribution in [1.82, 2.24) is 19.9 Å². The van der Waals surface area contributed by atoms with Crippen molar-refractivity contribution in [3.05, 3.63) is 101 Å². The molecule has 2 aliphatic rings. The number of nitrogens with one attached hydrogen (secondary N) is 1. The average molecular weight is 733 g/mol. The molecule has 0 radical (unpaired) electrons. The molecule has 3 aromatic carbocycles. The van der Waals surface area contributed by atoms with Gasteiger partial charge in [-0.15, -0.1) is 0 Å². The van der Waals surface area contributed by atoms with Crippen LogP contribution < -0.4 is 45.8 Å². The predicted octanol–water partition coefficient (Wildman–Crippen LogP) is 4.37. The van der Waals surface area contributed by atoms with Gasteiger partial charge in [0.25, 0.3) is 5.91 Å². The molecule has 1 aromatic heterocycles. The molecule has 1 aliphatic carbocycles. The number of ether oxygens (including phenoxy) is 3. The molecule has 0 unspecified atom stereocenters. The van der Waals surface area contributed by atoms with E-state index in [4.69, 9.17) is 30.1 Å². The number of hydrogen-bond acceptors (Lipinski definition) is 11. The first-order valence-electron chi connectivity index (χ1n) is 17.0. The predicted molar refractivity (Wildman–Crippen MR) is 208 cm³/mol. The number of aromatic carboxylic acids is 1. The lowest BCUT2D eigenvalue weighted by molar-refractivity contribution is 0.0697. The van der Waals surface area contributed by atoms with Crippen LogP contribution in [0.5, 0.6) is 17.2 Å². The Labute approximate surface area is 311 Å². The third kappa shape index (κ3) is 7.53. The zero-order valence-electron chi connectivity index (χ0n) is 30.9. The topological polar surface area (TPSA) is 191 Å². The van der Waals surface area contributed by atoms with E-state index < -0.39 is 11.9 Å². The fourth-order valence-corrected chi connectivity index (χ4v) is 6.18. The van der Waals surface area contributed by atoms with Crippen LogP contribution in [0.4, 0.5) is 17.5 Å². The molecule has 0 fully saturated rings. The van der Waals surface area contributed by atoms with Gasteiger partial charge in [0, 0.05) is 72.2 Å². The van der Waals surface area contributed by atoms with E-state index in [0.717, 1.165) is 16.6 Å². The first kappa shape index (κ1) is 36.9. The van der Waals surface area contributed by atoms with Crippen LogP contribution in [-0.4, -0.2) is 82.5 Å². The fraction of sp³-hybridized carbons (Fsp3) is 0.225. The van der Waals surface area contributed by atoms with Gasteiger partial charge in [-0.25, -0.2) is 14.4 Å². The molecule has 0 spiro atoms. The van der Waals surface area contributed by atoms with Crippen LogP contribution in [0.3, 0.4) is 0 Å². The standard InChI is InChI=1S/C40H41N7O7/c1-46(2)25-8-11-28-31(19-25)54-32-20-26(47(3)4)9-12-29(32)35(28)30-18-23(7-10-27(30)39(49)50)38(48)43-13-14-53-36-33(51-5)16-22(17-34(36)52-6)15-24-21-44-40(42)45-37(24)41/h7-12,16-21H,13-15H2,1-6H3,(H5-,41,42,43,44,45,48,49,50)/p+1. The van der Waals surface area contributed by atoms with Gasteiger partial charge in [-0.3, -0.25) is 4.79 Å². The summed E-state index contributed by atoms with van der Waals surface area (Å²) in [7, 11) is 10.8. The fourth-order valence-electron chi connectivity index (χ4n) is 6.18. The molecule has 6 N–H and O–H groups in total. The largest absolute Gasteiger partial charge is 0.493 e. The first-order chi connectivity index (χ1) is 25.9. The molecule has 0 saturated heterocycles. The minimum absolute atomic E-state index is 0.0475. The zero-order valence-corrected chi connectivity index (χ0v) is 30.9. The summed E-state index contributed by atoms with van der Waals surface area (Å²) in [6.45, 7) is 0.202. The quantitative estimate of drug-likeness (QED) is 0.0791. The molecule has 0 saturated carbocycles. The Morgan fingerprint density at radius 2 is 1.69 bits per heavy atom. The van der Waals surface area contributed by atoms with E-state index in [2.05, 4.69) is 15.3 Å². The van der Waals surface area contributed by atoms with Gasteiger partial charge in [-0.1, -0.05) is 0 Å². The molecule has 1 amide bonds. The molecule has 1 aliphatic heterocycles. The van der Waals surface area contributed by atoms with E-state index in [1.165, 1.54) is 26.4 Å². The van der Waals surface area contributed by atoms with Crippen LogP contribution in [0.15, 0.2) is 77.3 Å². The van der Waals surface area contributed by atoms with Gasteiger partial charge in [-0.2, -0.15) is 4.98 Å². The number of benzene rings is 4. The van der Waals surface area contributed by atoms with E-state index in [-0.39, 0.29) is 36.0 Å². The Bertz CT molecular complexity index is 2410. The number of amides is 1. The van der Waals surface area contributed by atoms with Gasteiger partial charge >= 0.3 is 5.97 Å². The highest BCUT2D eigenvalue weighted by atomic mass is 16.5. The van der Waals surface area contributed by atoms with Gasteiger partial charge in [0.15, 0.2) is 11.5 Å². The van der Waals surface area contributed by atoms with Crippen molar-refractivity contribution in [3.8, 4) is 39.7 Å². The minimum atomic E-state index is -1.12. The van der Waals surface area contributed by atoms with Crippen molar-refractivity contribution in [2.45, 2.75) is 6.42 Å². The Morgan fingerprint density at radius 1 is 0.944 bits per heavy atom. The van der Waals surface area contributed by atoms with Crippen molar-refractivity contribution in [3.63, 3.8) is 0 Å². The monoisotopic (exact) mass is 732 g/mol. The molecule has 14 heteroatoms. The summed E-state index contributed by atoms with van der Waals surface area (Å²) in [5.41, 5.74) is 16.7. The van der Waals surface area contributed by atoms with Crippen LogP contribution in [-0.2, 0) is 6.42 Å². The van der Waals surface area contributed by atoms with E-state index in [1.54, 1.807) is 24.4 Å². The second-order valence-electron chi connectivity index (χ2n) is 12.9. The third-order valence-electron chi connectivity index (χ3n) is 8.97. The number of carbonyl (C=O) groups is 2. The number of carboxylic acid groups (broad SMARTS) is 1. The Balaban J connectivity index is 1.28. The number of nitrogens with two attached hydrogens (primary N) is 2. The number of anilines is 3. The molecule has 14 nitrogen and oxygen atoms in total. The Kier molecular flexibility index (Phi) is 10.5. The van der Waals surface area contributed by atoms with Crippen molar-refractivity contribution >= 4 is 40.3 Å². The summed E-state index contributed by atoms with van der Waals surface area (Å²) < 4.78 is 25.7. The summed E-state index contributed by atoms with van der Waals surface area (Å²) in [6, 6.07) is 19.7. The second-order valence-corrected chi connectivity index (χ2v) is 12.9. The van der Waals surface area contributed by atoms with Gasteiger partial charge in [0.2, 0.25) is 17.1 Å². The normalized spacial score (nSPS) is 11.0. The van der Waals surface area contributed by atoms with Crippen LogP contribution in [0, 0.1) is 0 Å². The molecular formula is C40H42N7O7+. The minimum Gasteiger partial charge on any atom is -0.493 e. The Morgan fingerprint density at radius 3 is 2.33 bits per heavy atom. The number of carbonyl (C=O) groups excluding carboxylic acids is 1. The number of hydrogen-bond donors (Lipinski definition) is 4. The highest BCUT2D eigenvalue weighted by Crippen LogP contribution is 2.43. The lowest BCUT2D eigenvalue weighted by atomic mass is 9.89. The van der Waals surface area contributed by atoms with Crippen LogP contribution in [0.25, 0.3) is 33.4 Å². The molecular weight excluding hydrogens is 690 g/mol. The van der Waals surface area contributed by atoms with Gasteiger partial charge in [0.05, 0.1) is 32.4 Å². The summed E-state index contributed by atoms with van der Waals surface area (Å²) in [5, 5.41) is 14.8. The van der Waals surface area contributed by atoms with Crippen LogP contribution >= 0.6 is 0 Å². The van der Waals surface area contributed by atoms with E-state index in [9.17, 15) is 14.7 Å². The lowest BCUT2D eigenvalue weighted by Gasteiger charge is -2.19. The summed E-state index contributed by atoms with van der Waals surface area (Å²) in [5.74, 6) is 0.607. The number of fused-ring (bicyclic) bond motifs is 2. The van der Waals surface area contributed by atoms with E-state index >= 15 is 0 Å². The highest BCUT2D eigenvalue weighted by molar-refractivity contribution is 6.09. The van der Waals surface area contributed by atoms with Crippen molar-refractivity contribution in [2.75, 3.05) is 71.9 Å². The SMILES string of the molecule is COc1cc(Cc2cnc(N)nc2N)cc(OC)c1OCCNC(=O)c1ccc(C(=O)O)c(-c2c3ccc(=[N+](C)C)cc-3oc3cc(N(C)C)ccc23)c1. The molecule has 4 aromatic rings. The van der Waals surface area contributed by atoms with Crippen molar-refractivity contribution in [1.29, 1.82) is 0 Å². The maximum absolute atomic E-state index is 13.6. The molecule has 0 atom stereocenters. The smallest absolute Gasteiger partial charge is 0.336 e. The van der Waals surface area contributed by atoms with Gasteiger partial charge in [0.1, 0.15) is 37.9 Å². The molecule has 278 valence electrons. The van der Waals surface area contributed by atoms with Gasteiger partial charge in [-0.05, 0) is 59.7 Å². The number of nitrogen functional groups attached to an aromatic ring is 2. The van der Waals surface area contributed by atoms with E-state index in [1.807, 2.05) is 74.1 Å². The number of nitrogens with zero attached hydrogens (tertiary/aromatic N) is 4. The molecule has 0 bridgehead atoms. The van der Waals surface area contributed by atoms with Crippen molar-refractivity contribution in [2.24, 2.45) is 0 Å². The molecule has 54 heavy (non-hydrogen) atoms. The van der Waals surface area contributed by atoms with Gasteiger partial charge < -0.3 is 45.4 Å². The molecule has 6 rings (SSSR count). The highest BCUT2D eigenvalue weighted by Gasteiger charge is 2.24. The Hall–Kier alpha value is -6.83. The maximum Gasteiger partial charge on any atom is 0.336 e. The lowest BCUT2D eigenvalue weighted by Crippen LogP contribution is -2.28. The summed E-state index contributed by atoms with van der Waals surface area (Å²) in [6.07, 6.45) is 1.97. The first-order valence-corrected chi connectivity index (χ1v) is 17.0. The zero-order chi connectivity index (χ0) is 38.7. The second kappa shape index (κ2) is 15.4. The third-order valence-corrected chi connectivity index (χ3v) is 8.97. The number of methoxy groups -OCH3 is 2. The summed E-state index contributed by atoms with van der Waals surface area (Å²) in [4.78, 5) is 36.2. The number of carboxylic acids is 1. The van der Waals surface area contributed by atoms with Crippen molar-refractivity contribution < 1.29 is 33.3 Å². The number of rotatable bonds is 12. The van der Waals surface area contributed by atoms with Crippen LogP contribution in [0.2, 0.25) is 0 Å². The average Bonchev–Trinajstić information content (AvgIpc) is 3.15. The number of aromatic nitrogens is 2. The van der Waals surface area contributed by atoms with E-state index in [0.29, 0.717) is 62.7 Å². The molecule has 2 heterocycles.